The van der Waals surface area contributed by atoms with Crippen LogP contribution in [0.25, 0.3) is 11.1 Å². The molecular formula is C15H20N2O. The maximum atomic E-state index is 8.80. The molecule has 0 spiro atoms. The average Bonchev–Trinajstić information content (AvgIpc) is 2.86. The normalized spacial score (nSPS) is 10.8. The van der Waals surface area contributed by atoms with Crippen molar-refractivity contribution in [1.29, 1.82) is 0 Å². The van der Waals surface area contributed by atoms with Crippen LogP contribution in [0.5, 0.6) is 0 Å². The van der Waals surface area contributed by atoms with Crippen molar-refractivity contribution in [2.75, 3.05) is 6.61 Å². The molecule has 0 bridgehead atoms. The van der Waals surface area contributed by atoms with Crippen LogP contribution in [0.3, 0.4) is 0 Å². The lowest BCUT2D eigenvalue weighted by atomic mass is 10.0. The molecule has 2 aromatic rings. The fourth-order valence-corrected chi connectivity index (χ4v) is 2.01. The number of benzene rings is 1. The molecule has 0 aliphatic rings. The van der Waals surface area contributed by atoms with E-state index in [1.54, 1.807) is 0 Å². The summed E-state index contributed by atoms with van der Waals surface area (Å²) in [6.07, 6.45) is 6.87. The van der Waals surface area contributed by atoms with Crippen molar-refractivity contribution in [3.05, 3.63) is 42.2 Å². The Morgan fingerprint density at radius 1 is 1.17 bits per heavy atom. The van der Waals surface area contributed by atoms with Gasteiger partial charge in [-0.3, -0.25) is 4.68 Å². The van der Waals surface area contributed by atoms with E-state index in [-0.39, 0.29) is 6.61 Å². The third kappa shape index (κ3) is 3.20. The number of aryl methyl sites for hydroxylation is 2. The lowest BCUT2D eigenvalue weighted by Crippen LogP contribution is -1.95. The maximum absolute atomic E-state index is 8.80. The van der Waals surface area contributed by atoms with Crippen LogP contribution < -0.4 is 0 Å². The van der Waals surface area contributed by atoms with Gasteiger partial charge in [-0.05, 0) is 30.4 Å². The zero-order chi connectivity index (χ0) is 12.8. The van der Waals surface area contributed by atoms with Crippen molar-refractivity contribution >= 4 is 0 Å². The highest BCUT2D eigenvalue weighted by atomic mass is 16.2. The van der Waals surface area contributed by atoms with Gasteiger partial charge in [-0.1, -0.05) is 31.2 Å². The van der Waals surface area contributed by atoms with Gasteiger partial charge in [-0.2, -0.15) is 5.10 Å². The van der Waals surface area contributed by atoms with E-state index in [4.69, 9.17) is 5.11 Å². The monoisotopic (exact) mass is 244 g/mol. The molecule has 0 aliphatic carbocycles. The summed E-state index contributed by atoms with van der Waals surface area (Å²) in [5.74, 6) is 0. The summed E-state index contributed by atoms with van der Waals surface area (Å²) in [7, 11) is 0. The maximum Gasteiger partial charge on any atom is 0.0568 e. The van der Waals surface area contributed by atoms with Crippen LogP contribution in [0.15, 0.2) is 36.7 Å². The molecule has 0 atom stereocenters. The minimum absolute atomic E-state index is 0.255. The smallest absolute Gasteiger partial charge is 0.0568 e. The van der Waals surface area contributed by atoms with Crippen LogP contribution in [0, 0.1) is 0 Å². The Morgan fingerprint density at radius 2 is 1.94 bits per heavy atom. The predicted octanol–water partition coefficient (Wildman–Crippen LogP) is 2.89. The van der Waals surface area contributed by atoms with E-state index >= 15 is 0 Å². The van der Waals surface area contributed by atoms with Crippen molar-refractivity contribution in [1.82, 2.24) is 9.78 Å². The molecule has 0 unspecified atom stereocenters. The van der Waals surface area contributed by atoms with E-state index in [0.717, 1.165) is 31.4 Å². The minimum atomic E-state index is 0.255. The predicted molar refractivity (Wildman–Crippen MR) is 73.4 cm³/mol. The number of hydrogen-bond donors (Lipinski definition) is 1. The summed E-state index contributed by atoms with van der Waals surface area (Å²) < 4.78 is 1.98. The standard InChI is InChI=1S/C15H20N2O/c1-2-9-17-12-15(11-16-17)14-7-5-13(6-8-14)4-3-10-18/h5-8,11-12,18H,2-4,9-10H2,1H3. The van der Waals surface area contributed by atoms with Crippen molar-refractivity contribution in [3.63, 3.8) is 0 Å². The fourth-order valence-electron chi connectivity index (χ4n) is 2.01. The first-order chi connectivity index (χ1) is 8.83. The highest BCUT2D eigenvalue weighted by molar-refractivity contribution is 5.61. The number of nitrogens with zero attached hydrogens (tertiary/aromatic N) is 2. The fraction of sp³-hybridized carbons (Fsp3) is 0.400. The molecule has 0 aliphatic heterocycles. The SMILES string of the molecule is CCCn1cc(-c2ccc(CCCO)cc2)cn1. The highest BCUT2D eigenvalue weighted by Crippen LogP contribution is 2.19. The molecule has 96 valence electrons. The Kier molecular flexibility index (Phi) is 4.53. The Hall–Kier alpha value is -1.61. The largest absolute Gasteiger partial charge is 0.396 e. The second-order valence-electron chi connectivity index (χ2n) is 4.52. The third-order valence-corrected chi connectivity index (χ3v) is 3.00. The highest BCUT2D eigenvalue weighted by Gasteiger charge is 2.01. The molecule has 0 fully saturated rings. The average molecular weight is 244 g/mol. The van der Waals surface area contributed by atoms with Crippen LogP contribution in [-0.4, -0.2) is 21.5 Å². The van der Waals surface area contributed by atoms with Crippen molar-refractivity contribution in [2.24, 2.45) is 0 Å². The van der Waals surface area contributed by atoms with Crippen molar-refractivity contribution < 1.29 is 5.11 Å². The zero-order valence-electron chi connectivity index (χ0n) is 10.8. The topological polar surface area (TPSA) is 38.0 Å². The first kappa shape index (κ1) is 12.8. The Labute approximate surface area is 108 Å². The van der Waals surface area contributed by atoms with Gasteiger partial charge in [0.15, 0.2) is 0 Å². The van der Waals surface area contributed by atoms with Gasteiger partial charge in [-0.25, -0.2) is 0 Å². The second kappa shape index (κ2) is 6.36. The summed E-state index contributed by atoms with van der Waals surface area (Å²) in [4.78, 5) is 0. The van der Waals surface area contributed by atoms with Gasteiger partial charge in [0.1, 0.15) is 0 Å². The number of rotatable bonds is 6. The number of aliphatic hydroxyl groups excluding tert-OH is 1. The molecule has 0 amide bonds. The second-order valence-corrected chi connectivity index (χ2v) is 4.52. The van der Waals surface area contributed by atoms with E-state index in [2.05, 4.69) is 42.5 Å². The molecule has 1 aromatic heterocycles. The van der Waals surface area contributed by atoms with Crippen LogP contribution in [0.4, 0.5) is 0 Å². The van der Waals surface area contributed by atoms with Gasteiger partial charge >= 0.3 is 0 Å². The molecule has 3 nitrogen and oxygen atoms in total. The van der Waals surface area contributed by atoms with E-state index in [0.29, 0.717) is 0 Å². The molecule has 1 aromatic carbocycles. The van der Waals surface area contributed by atoms with Crippen LogP contribution in [0.2, 0.25) is 0 Å². The van der Waals surface area contributed by atoms with E-state index in [1.165, 1.54) is 11.1 Å². The number of aliphatic hydroxyl groups is 1. The van der Waals surface area contributed by atoms with Crippen molar-refractivity contribution in [2.45, 2.75) is 32.7 Å². The Morgan fingerprint density at radius 3 is 2.61 bits per heavy atom. The number of hydrogen-bond acceptors (Lipinski definition) is 2. The quantitative estimate of drug-likeness (QED) is 0.848. The lowest BCUT2D eigenvalue weighted by Gasteiger charge is -2.01. The van der Waals surface area contributed by atoms with Crippen LogP contribution in [-0.2, 0) is 13.0 Å². The van der Waals surface area contributed by atoms with Crippen LogP contribution in [0.1, 0.15) is 25.3 Å². The molecule has 0 saturated heterocycles. The van der Waals surface area contributed by atoms with Gasteiger partial charge in [0.25, 0.3) is 0 Å². The first-order valence-corrected chi connectivity index (χ1v) is 6.56. The molecular weight excluding hydrogens is 224 g/mol. The molecule has 3 heteroatoms. The van der Waals surface area contributed by atoms with Gasteiger partial charge < -0.3 is 5.11 Å². The minimum Gasteiger partial charge on any atom is -0.396 e. The summed E-state index contributed by atoms with van der Waals surface area (Å²) in [6, 6.07) is 8.50. The molecule has 2 rings (SSSR count). The molecule has 18 heavy (non-hydrogen) atoms. The summed E-state index contributed by atoms with van der Waals surface area (Å²) >= 11 is 0. The van der Waals surface area contributed by atoms with E-state index in [1.807, 2.05) is 10.9 Å². The van der Waals surface area contributed by atoms with Gasteiger partial charge in [-0.15, -0.1) is 0 Å². The first-order valence-electron chi connectivity index (χ1n) is 6.56. The molecule has 1 heterocycles. The Bertz CT molecular complexity index is 473. The lowest BCUT2D eigenvalue weighted by molar-refractivity contribution is 0.288. The summed E-state index contributed by atoms with van der Waals surface area (Å²) in [5.41, 5.74) is 3.64. The van der Waals surface area contributed by atoms with E-state index in [9.17, 15) is 0 Å². The molecule has 0 saturated carbocycles. The summed E-state index contributed by atoms with van der Waals surface area (Å²) in [5, 5.41) is 13.1. The van der Waals surface area contributed by atoms with Gasteiger partial charge in [0.2, 0.25) is 0 Å². The number of aromatic nitrogens is 2. The van der Waals surface area contributed by atoms with Crippen molar-refractivity contribution in [3.8, 4) is 11.1 Å². The summed E-state index contributed by atoms with van der Waals surface area (Å²) in [6.45, 7) is 3.37. The molecule has 0 radical (unpaired) electrons. The zero-order valence-corrected chi connectivity index (χ0v) is 10.8. The van der Waals surface area contributed by atoms with E-state index < -0.39 is 0 Å². The van der Waals surface area contributed by atoms with Crippen LogP contribution >= 0.6 is 0 Å². The molecule has 1 N–H and O–H groups in total. The Balaban J connectivity index is 2.07. The van der Waals surface area contributed by atoms with Gasteiger partial charge in [0, 0.05) is 24.9 Å². The van der Waals surface area contributed by atoms with Gasteiger partial charge in [0.05, 0.1) is 6.20 Å². The third-order valence-electron chi connectivity index (χ3n) is 3.00.